The summed E-state index contributed by atoms with van der Waals surface area (Å²) in [6, 6.07) is 30.1. The lowest BCUT2D eigenvalue weighted by Gasteiger charge is -2.35. The van der Waals surface area contributed by atoms with E-state index in [-0.39, 0.29) is 23.5 Å². The number of fused-ring (bicyclic) bond motifs is 1. The Morgan fingerprint density at radius 3 is 2.17 bits per heavy atom. The lowest BCUT2D eigenvalue weighted by molar-refractivity contribution is -0.113. The maximum atomic E-state index is 13.3. The Hall–Kier alpha value is -4.20. The van der Waals surface area contributed by atoms with Gasteiger partial charge in [-0.2, -0.15) is 0 Å². The van der Waals surface area contributed by atoms with Gasteiger partial charge in [0.2, 0.25) is 8.32 Å². The Balaban J connectivity index is 1.53. The van der Waals surface area contributed by atoms with Crippen molar-refractivity contribution in [2.24, 2.45) is 0 Å². The van der Waals surface area contributed by atoms with E-state index in [9.17, 15) is 9.59 Å². The Bertz CT molecular complexity index is 1500. The van der Waals surface area contributed by atoms with Crippen LogP contribution < -0.4 is 15.5 Å². The molecule has 0 saturated heterocycles. The van der Waals surface area contributed by atoms with Crippen molar-refractivity contribution < 1.29 is 18.9 Å². The summed E-state index contributed by atoms with van der Waals surface area (Å²) in [5.74, 6) is 0.128. The number of hydrogen-bond acceptors (Lipinski definition) is 4. The van der Waals surface area contributed by atoms with Gasteiger partial charge in [-0.05, 0) is 65.5 Å². The number of carbonyl (C=O) groups excluding carboxylic acids is 2. The minimum Gasteiger partial charge on any atom is -0.488 e. The Morgan fingerprint density at radius 1 is 0.825 bits per heavy atom. The van der Waals surface area contributed by atoms with E-state index in [4.69, 9.17) is 9.26 Å². The molecule has 0 aliphatic rings. The topological polar surface area (TPSA) is 76.7 Å². The fourth-order valence-electron chi connectivity index (χ4n) is 3.70. The first-order valence-electron chi connectivity index (χ1n) is 13.3. The lowest BCUT2D eigenvalue weighted by Crippen LogP contribution is -2.46. The molecule has 4 aromatic carbocycles. The number of rotatable bonds is 9. The highest BCUT2D eigenvalue weighted by Crippen LogP contribution is 2.36. The zero-order valence-corrected chi connectivity index (χ0v) is 24.7. The fraction of sp³-hybridized carbons (Fsp3) is 0.212. The van der Waals surface area contributed by atoms with Gasteiger partial charge >= 0.3 is 0 Å². The number of benzene rings is 4. The van der Waals surface area contributed by atoms with Crippen LogP contribution in [0.5, 0.6) is 5.75 Å². The smallest absolute Gasteiger partial charge is 0.273 e. The summed E-state index contributed by atoms with van der Waals surface area (Å²) in [4.78, 5) is 26.0. The maximum absolute atomic E-state index is 13.3. The highest BCUT2D eigenvalue weighted by atomic mass is 28.4. The van der Waals surface area contributed by atoms with Crippen LogP contribution in [0.1, 0.15) is 36.7 Å². The fourth-order valence-corrected chi connectivity index (χ4v) is 4.35. The molecule has 0 atom stereocenters. The second-order valence-electron chi connectivity index (χ2n) is 11.2. The van der Waals surface area contributed by atoms with Crippen LogP contribution >= 0.6 is 0 Å². The molecule has 0 radical (unpaired) electrons. The minimum absolute atomic E-state index is 0.0280. The van der Waals surface area contributed by atoms with Crippen molar-refractivity contribution in [3.8, 4) is 5.75 Å². The highest BCUT2D eigenvalue weighted by Gasteiger charge is 2.38. The third-order valence-electron chi connectivity index (χ3n) is 7.17. The van der Waals surface area contributed by atoms with Gasteiger partial charge in [0.15, 0.2) is 0 Å². The molecule has 6 nitrogen and oxygen atoms in total. The molecule has 0 aliphatic carbocycles. The molecule has 0 aromatic heterocycles. The van der Waals surface area contributed by atoms with Crippen LogP contribution in [-0.2, 0) is 9.32 Å². The molecule has 0 heterocycles. The molecular weight excluding hydrogens is 516 g/mol. The molecule has 0 spiro atoms. The standard InChI is InChI=1S/C33H36N2O4Si/c1-33(2,3)40(4,5)39-35-32(37)26-20-18-24(19-21-26)22-27(31(36)34-28-14-7-6-8-15-28)23-38-30-17-11-13-25-12-9-10-16-29(25)30/h6-22H,23H2,1-5H3,(H,34,36)(H,35,37). The van der Waals surface area contributed by atoms with Crippen LogP contribution in [-0.4, -0.2) is 26.7 Å². The van der Waals surface area contributed by atoms with Gasteiger partial charge in [0.1, 0.15) is 12.4 Å². The maximum Gasteiger partial charge on any atom is 0.273 e. The number of anilines is 1. The number of para-hydroxylation sites is 1. The second kappa shape index (κ2) is 12.3. The minimum atomic E-state index is -2.13. The molecule has 4 rings (SSSR count). The number of hydroxylamine groups is 1. The number of hydrogen-bond donors (Lipinski definition) is 2. The van der Waals surface area contributed by atoms with E-state index < -0.39 is 8.32 Å². The third-order valence-corrected chi connectivity index (χ3v) is 11.4. The van der Waals surface area contributed by atoms with Crippen molar-refractivity contribution in [1.29, 1.82) is 0 Å². The summed E-state index contributed by atoms with van der Waals surface area (Å²) in [6.07, 6.45) is 1.78. The molecule has 40 heavy (non-hydrogen) atoms. The first-order valence-corrected chi connectivity index (χ1v) is 16.2. The molecule has 0 saturated carbocycles. The van der Waals surface area contributed by atoms with E-state index in [0.717, 1.165) is 16.3 Å². The van der Waals surface area contributed by atoms with Crippen LogP contribution in [0.2, 0.25) is 18.1 Å². The molecule has 0 fully saturated rings. The first kappa shape index (κ1) is 28.8. The normalized spacial score (nSPS) is 12.2. The van der Waals surface area contributed by atoms with Gasteiger partial charge in [0.05, 0.1) is 5.57 Å². The summed E-state index contributed by atoms with van der Waals surface area (Å²) in [7, 11) is -2.13. The quantitative estimate of drug-likeness (QED) is 0.127. The Labute approximate surface area is 237 Å². The third kappa shape index (κ3) is 7.25. The Morgan fingerprint density at radius 2 is 1.48 bits per heavy atom. The summed E-state index contributed by atoms with van der Waals surface area (Å²) < 4.78 is 12.0. The summed E-state index contributed by atoms with van der Waals surface area (Å²) in [6.45, 7) is 10.5. The zero-order valence-electron chi connectivity index (χ0n) is 23.7. The zero-order chi connectivity index (χ0) is 28.8. The molecule has 2 N–H and O–H groups in total. The number of carbonyl (C=O) groups is 2. The second-order valence-corrected chi connectivity index (χ2v) is 15.9. The van der Waals surface area contributed by atoms with E-state index in [0.29, 0.717) is 22.6 Å². The molecule has 0 bridgehead atoms. The molecule has 4 aromatic rings. The van der Waals surface area contributed by atoms with Crippen LogP contribution in [0.3, 0.4) is 0 Å². The molecule has 7 heteroatoms. The average molecular weight is 553 g/mol. The van der Waals surface area contributed by atoms with Gasteiger partial charge in [-0.25, -0.2) is 5.48 Å². The van der Waals surface area contributed by atoms with Crippen molar-refractivity contribution in [2.75, 3.05) is 11.9 Å². The van der Waals surface area contributed by atoms with Gasteiger partial charge in [-0.15, -0.1) is 0 Å². The molecule has 0 aliphatic heterocycles. The van der Waals surface area contributed by atoms with Crippen LogP contribution in [0.15, 0.2) is 103 Å². The monoisotopic (exact) mass is 552 g/mol. The van der Waals surface area contributed by atoms with Crippen molar-refractivity contribution >= 4 is 42.7 Å². The van der Waals surface area contributed by atoms with Crippen molar-refractivity contribution in [1.82, 2.24) is 5.48 Å². The van der Waals surface area contributed by atoms with Gasteiger partial charge < -0.3 is 14.6 Å². The van der Waals surface area contributed by atoms with Crippen molar-refractivity contribution in [3.05, 3.63) is 114 Å². The molecule has 2 amide bonds. The largest absolute Gasteiger partial charge is 0.488 e. The van der Waals surface area contributed by atoms with Crippen LogP contribution in [0, 0.1) is 0 Å². The number of nitrogens with one attached hydrogen (secondary N) is 2. The van der Waals surface area contributed by atoms with E-state index >= 15 is 0 Å². The van der Waals surface area contributed by atoms with Crippen molar-refractivity contribution in [2.45, 2.75) is 38.9 Å². The summed E-state index contributed by atoms with van der Waals surface area (Å²) in [5, 5.41) is 4.95. The van der Waals surface area contributed by atoms with E-state index in [1.54, 1.807) is 30.3 Å². The van der Waals surface area contributed by atoms with E-state index in [1.165, 1.54) is 0 Å². The number of ether oxygens (including phenoxy) is 1. The van der Waals surface area contributed by atoms with Crippen LogP contribution in [0.4, 0.5) is 5.69 Å². The van der Waals surface area contributed by atoms with Gasteiger partial charge in [0, 0.05) is 16.6 Å². The van der Waals surface area contributed by atoms with Gasteiger partial charge in [-0.1, -0.05) is 87.5 Å². The Kier molecular flexibility index (Phi) is 8.87. The summed E-state index contributed by atoms with van der Waals surface area (Å²) in [5.41, 5.74) is 5.00. The molecule has 206 valence electrons. The molecule has 0 unspecified atom stereocenters. The van der Waals surface area contributed by atoms with E-state index in [1.807, 2.05) is 72.8 Å². The van der Waals surface area contributed by atoms with Crippen molar-refractivity contribution in [3.63, 3.8) is 0 Å². The predicted octanol–water partition coefficient (Wildman–Crippen LogP) is 7.61. The SMILES string of the molecule is CC(C)(C)[Si](C)(C)ONC(=O)c1ccc(C=C(COc2cccc3ccccc23)C(=O)Nc2ccccc2)cc1. The highest BCUT2D eigenvalue weighted by molar-refractivity contribution is 6.74. The first-order chi connectivity index (χ1) is 19.0. The van der Waals surface area contributed by atoms with E-state index in [2.05, 4.69) is 44.7 Å². The van der Waals surface area contributed by atoms with Crippen LogP contribution in [0.25, 0.3) is 16.8 Å². The summed E-state index contributed by atoms with van der Waals surface area (Å²) >= 11 is 0. The predicted molar refractivity (Wildman–Crippen MR) is 165 cm³/mol. The van der Waals surface area contributed by atoms with Gasteiger partial charge in [0.25, 0.3) is 11.8 Å². The number of amides is 2. The van der Waals surface area contributed by atoms with Gasteiger partial charge in [-0.3, -0.25) is 9.59 Å². The molecular formula is C33H36N2O4Si. The lowest BCUT2D eigenvalue weighted by atomic mass is 10.1. The average Bonchev–Trinajstić information content (AvgIpc) is 2.94.